The van der Waals surface area contributed by atoms with Crippen molar-refractivity contribution in [2.75, 3.05) is 12.0 Å². The summed E-state index contributed by atoms with van der Waals surface area (Å²) in [5, 5.41) is 8.06. The van der Waals surface area contributed by atoms with Crippen molar-refractivity contribution >= 4 is 17.3 Å². The van der Waals surface area contributed by atoms with Gasteiger partial charge in [-0.2, -0.15) is 5.11 Å². The van der Waals surface area contributed by atoms with Crippen molar-refractivity contribution in [2.24, 2.45) is 10.3 Å². The second kappa shape index (κ2) is 8.85. The SMILES string of the molecule is C=C(C)C(=O)C(CN=NNc1ccccc1)(C(=O)C(=C)C)c1ccccc1. The Morgan fingerprint density at radius 3 is 1.85 bits per heavy atom. The van der Waals surface area contributed by atoms with Crippen LogP contribution in [0.15, 0.2) is 95.3 Å². The lowest BCUT2D eigenvalue weighted by Crippen LogP contribution is -2.47. The van der Waals surface area contributed by atoms with Gasteiger partial charge in [-0.25, -0.2) is 0 Å². The Hall–Kier alpha value is -3.34. The van der Waals surface area contributed by atoms with Crippen molar-refractivity contribution in [2.45, 2.75) is 19.3 Å². The van der Waals surface area contributed by atoms with Crippen molar-refractivity contribution in [3.05, 3.63) is 90.5 Å². The van der Waals surface area contributed by atoms with E-state index in [1.807, 2.05) is 36.4 Å². The number of para-hydroxylation sites is 1. The van der Waals surface area contributed by atoms with Crippen LogP contribution < -0.4 is 5.43 Å². The third-order valence-corrected chi connectivity index (χ3v) is 4.15. The van der Waals surface area contributed by atoms with Crippen molar-refractivity contribution in [3.63, 3.8) is 0 Å². The van der Waals surface area contributed by atoms with Gasteiger partial charge in [-0.1, -0.05) is 66.9 Å². The Bertz CT molecular complexity index is 845. The average Bonchev–Trinajstić information content (AvgIpc) is 2.68. The molecular formula is C22H23N3O2. The van der Waals surface area contributed by atoms with Gasteiger partial charge in [-0.05, 0) is 42.7 Å². The highest BCUT2D eigenvalue weighted by molar-refractivity contribution is 6.23. The lowest BCUT2D eigenvalue weighted by molar-refractivity contribution is -0.130. The summed E-state index contributed by atoms with van der Waals surface area (Å²) in [5.74, 6) is -0.777. The van der Waals surface area contributed by atoms with Crippen molar-refractivity contribution in [1.29, 1.82) is 0 Å². The summed E-state index contributed by atoms with van der Waals surface area (Å²) in [4.78, 5) is 26.2. The first kappa shape index (κ1) is 20.0. The molecule has 1 N–H and O–H groups in total. The lowest BCUT2D eigenvalue weighted by atomic mass is 9.70. The van der Waals surface area contributed by atoms with E-state index in [1.165, 1.54) is 0 Å². The molecule has 5 heteroatoms. The van der Waals surface area contributed by atoms with Gasteiger partial charge < -0.3 is 0 Å². The predicted octanol–water partition coefficient (Wildman–Crippen LogP) is 4.69. The predicted molar refractivity (Wildman–Crippen MR) is 108 cm³/mol. The first-order chi connectivity index (χ1) is 12.9. The number of carbonyl (C=O) groups is 2. The van der Waals surface area contributed by atoms with E-state index in [-0.39, 0.29) is 29.3 Å². The Balaban J connectivity index is 2.44. The van der Waals surface area contributed by atoms with Crippen molar-refractivity contribution in [1.82, 2.24) is 0 Å². The van der Waals surface area contributed by atoms with Gasteiger partial charge in [0.25, 0.3) is 0 Å². The van der Waals surface area contributed by atoms with Gasteiger partial charge in [-0.3, -0.25) is 15.0 Å². The number of hydrogen-bond acceptors (Lipinski definition) is 4. The zero-order chi connectivity index (χ0) is 19.9. The molecule has 5 nitrogen and oxygen atoms in total. The molecule has 27 heavy (non-hydrogen) atoms. The summed E-state index contributed by atoms with van der Waals surface area (Å²) < 4.78 is 0. The van der Waals surface area contributed by atoms with Gasteiger partial charge in [0, 0.05) is 0 Å². The molecule has 0 radical (unpaired) electrons. The number of hydrogen-bond donors (Lipinski definition) is 1. The molecule has 0 saturated heterocycles. The smallest absolute Gasteiger partial charge is 0.178 e. The van der Waals surface area contributed by atoms with Gasteiger partial charge in [0.15, 0.2) is 11.6 Å². The van der Waals surface area contributed by atoms with E-state index in [0.717, 1.165) is 5.69 Å². The molecule has 0 saturated carbocycles. The molecule has 0 aliphatic carbocycles. The first-order valence-corrected chi connectivity index (χ1v) is 8.53. The number of nitrogens with one attached hydrogen (secondary N) is 1. The number of benzene rings is 2. The first-order valence-electron chi connectivity index (χ1n) is 8.53. The quantitative estimate of drug-likeness (QED) is 0.305. The van der Waals surface area contributed by atoms with E-state index in [0.29, 0.717) is 5.56 Å². The minimum absolute atomic E-state index is 0.145. The second-order valence-corrected chi connectivity index (χ2v) is 6.37. The molecule has 0 aliphatic rings. The Morgan fingerprint density at radius 1 is 0.889 bits per heavy atom. The summed E-state index contributed by atoms with van der Waals surface area (Å²) in [6, 6.07) is 18.1. The summed E-state index contributed by atoms with van der Waals surface area (Å²) in [5.41, 5.74) is 3.12. The molecule has 0 bridgehead atoms. The highest BCUT2D eigenvalue weighted by Gasteiger charge is 2.47. The maximum Gasteiger partial charge on any atom is 0.178 e. The molecule has 0 aromatic heterocycles. The molecule has 2 aromatic carbocycles. The van der Waals surface area contributed by atoms with E-state index in [1.54, 1.807) is 38.1 Å². The maximum atomic E-state index is 13.1. The van der Waals surface area contributed by atoms with E-state index in [4.69, 9.17) is 0 Å². The zero-order valence-corrected chi connectivity index (χ0v) is 15.6. The molecule has 0 spiro atoms. The van der Waals surface area contributed by atoms with Gasteiger partial charge in [0.05, 0.1) is 12.2 Å². The van der Waals surface area contributed by atoms with Gasteiger partial charge in [-0.15, -0.1) is 0 Å². The molecule has 0 heterocycles. The minimum atomic E-state index is -1.53. The maximum absolute atomic E-state index is 13.1. The van der Waals surface area contributed by atoms with Crippen LogP contribution in [0.3, 0.4) is 0 Å². The largest absolute Gasteiger partial charge is 0.293 e. The van der Waals surface area contributed by atoms with E-state index >= 15 is 0 Å². The Labute approximate surface area is 159 Å². The number of nitrogens with zero attached hydrogens (tertiary/aromatic N) is 2. The van der Waals surface area contributed by atoms with Crippen LogP contribution in [-0.2, 0) is 15.0 Å². The molecule has 0 aliphatic heterocycles. The van der Waals surface area contributed by atoms with Gasteiger partial charge >= 0.3 is 0 Å². The summed E-state index contributed by atoms with van der Waals surface area (Å²) in [7, 11) is 0. The monoisotopic (exact) mass is 361 g/mol. The topological polar surface area (TPSA) is 70.9 Å². The molecule has 2 aromatic rings. The molecule has 0 fully saturated rings. The molecule has 0 atom stereocenters. The molecule has 2 rings (SSSR count). The third-order valence-electron chi connectivity index (χ3n) is 4.15. The molecule has 0 unspecified atom stereocenters. The Kier molecular flexibility index (Phi) is 6.55. The fourth-order valence-electron chi connectivity index (χ4n) is 2.80. The van der Waals surface area contributed by atoms with E-state index in [9.17, 15) is 9.59 Å². The molecule has 0 amide bonds. The minimum Gasteiger partial charge on any atom is -0.293 e. The normalized spacial score (nSPS) is 11.2. The van der Waals surface area contributed by atoms with Crippen LogP contribution in [0.2, 0.25) is 0 Å². The fourth-order valence-corrected chi connectivity index (χ4v) is 2.80. The number of rotatable bonds is 9. The third kappa shape index (κ3) is 4.44. The van der Waals surface area contributed by atoms with Crippen molar-refractivity contribution < 1.29 is 9.59 Å². The number of anilines is 1. The number of carbonyl (C=O) groups excluding carboxylic acids is 2. The van der Waals surface area contributed by atoms with Crippen LogP contribution in [0.4, 0.5) is 5.69 Å². The van der Waals surface area contributed by atoms with Gasteiger partial charge in [0.1, 0.15) is 5.41 Å². The van der Waals surface area contributed by atoms with Crippen LogP contribution >= 0.6 is 0 Å². The van der Waals surface area contributed by atoms with Crippen LogP contribution in [0.25, 0.3) is 0 Å². The lowest BCUT2D eigenvalue weighted by Gasteiger charge is -2.30. The number of ketones is 2. The highest BCUT2D eigenvalue weighted by atomic mass is 16.2. The summed E-state index contributed by atoms with van der Waals surface area (Å²) >= 11 is 0. The molecular weight excluding hydrogens is 338 g/mol. The standard InChI is InChI=1S/C22H23N3O2/c1-16(2)20(26)22(21(27)17(3)4,18-11-7-5-8-12-18)15-23-25-24-19-13-9-6-10-14-19/h5-14H,1,3,15H2,2,4H3,(H,23,24). The van der Waals surface area contributed by atoms with E-state index in [2.05, 4.69) is 28.9 Å². The van der Waals surface area contributed by atoms with Crippen LogP contribution in [-0.4, -0.2) is 18.1 Å². The fraction of sp³-hybridized carbons (Fsp3) is 0.182. The summed E-state index contributed by atoms with van der Waals surface area (Å²) in [6.07, 6.45) is 0. The molecule has 138 valence electrons. The second-order valence-electron chi connectivity index (χ2n) is 6.37. The van der Waals surface area contributed by atoms with Crippen LogP contribution in [0.1, 0.15) is 19.4 Å². The number of Topliss-reactive ketones (excluding diaryl/α,β-unsaturated/α-hetero) is 2. The van der Waals surface area contributed by atoms with Crippen LogP contribution in [0, 0.1) is 0 Å². The summed E-state index contributed by atoms with van der Waals surface area (Å²) in [6.45, 7) is 10.5. The van der Waals surface area contributed by atoms with Crippen LogP contribution in [0.5, 0.6) is 0 Å². The highest BCUT2D eigenvalue weighted by Crippen LogP contribution is 2.32. The number of allylic oxidation sites excluding steroid dienone is 2. The zero-order valence-electron chi connectivity index (χ0n) is 15.6. The van der Waals surface area contributed by atoms with Crippen molar-refractivity contribution in [3.8, 4) is 0 Å². The Morgan fingerprint density at radius 2 is 1.37 bits per heavy atom. The van der Waals surface area contributed by atoms with Gasteiger partial charge in [0.2, 0.25) is 0 Å². The average molecular weight is 361 g/mol. The van der Waals surface area contributed by atoms with E-state index < -0.39 is 5.41 Å².